The second-order valence-electron chi connectivity index (χ2n) is 3.77. The minimum absolute atomic E-state index is 0.245. The minimum Gasteiger partial charge on any atom is -0.507 e. The first kappa shape index (κ1) is 12.4. The van der Waals surface area contributed by atoms with E-state index in [2.05, 4.69) is 5.48 Å². The summed E-state index contributed by atoms with van der Waals surface area (Å²) in [6.07, 6.45) is 0. The molecule has 0 saturated carbocycles. The molecule has 0 aliphatic heterocycles. The van der Waals surface area contributed by atoms with Gasteiger partial charge in [-0.15, -0.1) is 0 Å². The van der Waals surface area contributed by atoms with Crippen LogP contribution < -0.4 is 5.48 Å². The van der Waals surface area contributed by atoms with E-state index in [9.17, 15) is 14.3 Å². The van der Waals surface area contributed by atoms with Gasteiger partial charge in [-0.3, -0.25) is 9.63 Å². The Morgan fingerprint density at radius 2 is 2.25 bits per heavy atom. The highest BCUT2D eigenvalue weighted by Crippen LogP contribution is 2.19. The number of hydrogen-bond acceptors (Lipinski definition) is 3. The highest BCUT2D eigenvalue weighted by molar-refractivity contribution is 5.96. The lowest BCUT2D eigenvalue weighted by atomic mass is 10.2. The summed E-state index contributed by atoms with van der Waals surface area (Å²) in [6.45, 7) is 4.14. The first-order chi connectivity index (χ1) is 7.52. The van der Waals surface area contributed by atoms with Gasteiger partial charge in [-0.1, -0.05) is 19.9 Å². The summed E-state index contributed by atoms with van der Waals surface area (Å²) in [7, 11) is 0. The molecule has 1 aromatic rings. The average Bonchev–Trinajstić information content (AvgIpc) is 2.16. The molecule has 0 heterocycles. The molecule has 0 aliphatic rings. The molecule has 2 N–H and O–H groups in total. The SMILES string of the molecule is CC(C)CONC(=O)c1c(O)cccc1F. The number of carbonyl (C=O) groups excluding carboxylic acids is 1. The summed E-state index contributed by atoms with van der Waals surface area (Å²) in [4.78, 5) is 16.3. The highest BCUT2D eigenvalue weighted by Gasteiger charge is 2.16. The number of amides is 1. The minimum atomic E-state index is -0.795. The van der Waals surface area contributed by atoms with Gasteiger partial charge in [0.15, 0.2) is 0 Å². The molecule has 0 fully saturated rings. The Bertz CT molecular complexity index is 359. The molecule has 0 atom stereocenters. The molecular weight excluding hydrogens is 213 g/mol. The summed E-state index contributed by atoms with van der Waals surface area (Å²) >= 11 is 0. The number of halogens is 1. The number of nitrogens with one attached hydrogen (secondary N) is 1. The van der Waals surface area contributed by atoms with Gasteiger partial charge in [-0.25, -0.2) is 9.87 Å². The van der Waals surface area contributed by atoms with Crippen LogP contribution >= 0.6 is 0 Å². The van der Waals surface area contributed by atoms with Crippen molar-refractivity contribution in [2.45, 2.75) is 13.8 Å². The van der Waals surface area contributed by atoms with E-state index >= 15 is 0 Å². The van der Waals surface area contributed by atoms with Crippen LogP contribution in [0.25, 0.3) is 0 Å². The average molecular weight is 227 g/mol. The lowest BCUT2D eigenvalue weighted by Gasteiger charge is -2.09. The predicted molar refractivity (Wildman–Crippen MR) is 56.3 cm³/mol. The second-order valence-corrected chi connectivity index (χ2v) is 3.77. The van der Waals surface area contributed by atoms with E-state index in [1.165, 1.54) is 12.1 Å². The Labute approximate surface area is 93.0 Å². The molecule has 4 nitrogen and oxygen atoms in total. The highest BCUT2D eigenvalue weighted by atomic mass is 19.1. The van der Waals surface area contributed by atoms with Gasteiger partial charge in [0.1, 0.15) is 17.1 Å². The third kappa shape index (κ3) is 3.20. The number of rotatable bonds is 4. The number of carbonyl (C=O) groups is 1. The third-order valence-corrected chi connectivity index (χ3v) is 1.80. The summed E-state index contributed by atoms with van der Waals surface area (Å²) < 4.78 is 13.2. The first-order valence-electron chi connectivity index (χ1n) is 4.92. The molecule has 88 valence electrons. The summed E-state index contributed by atoms with van der Waals surface area (Å²) in [6, 6.07) is 3.65. The predicted octanol–water partition coefficient (Wildman–Crippen LogP) is 1.85. The molecule has 5 heteroatoms. The largest absolute Gasteiger partial charge is 0.507 e. The Kier molecular flexibility index (Phi) is 4.25. The number of aromatic hydroxyl groups is 1. The van der Waals surface area contributed by atoms with Crippen molar-refractivity contribution in [1.82, 2.24) is 5.48 Å². The number of hydrogen-bond donors (Lipinski definition) is 2. The van der Waals surface area contributed by atoms with Crippen molar-refractivity contribution in [2.24, 2.45) is 5.92 Å². The smallest absolute Gasteiger partial charge is 0.281 e. The third-order valence-electron chi connectivity index (χ3n) is 1.80. The van der Waals surface area contributed by atoms with Gasteiger partial charge < -0.3 is 5.11 Å². The van der Waals surface area contributed by atoms with E-state index in [1.54, 1.807) is 0 Å². The molecule has 0 aliphatic carbocycles. The van der Waals surface area contributed by atoms with Crippen molar-refractivity contribution in [3.05, 3.63) is 29.6 Å². The molecule has 0 radical (unpaired) electrons. The molecule has 1 rings (SSSR count). The Morgan fingerprint density at radius 3 is 2.81 bits per heavy atom. The van der Waals surface area contributed by atoms with E-state index in [0.29, 0.717) is 6.61 Å². The van der Waals surface area contributed by atoms with Crippen LogP contribution in [0.3, 0.4) is 0 Å². The molecule has 0 saturated heterocycles. The van der Waals surface area contributed by atoms with Crippen LogP contribution in [0.5, 0.6) is 5.75 Å². The van der Waals surface area contributed by atoms with Crippen molar-refractivity contribution < 1.29 is 19.1 Å². The van der Waals surface area contributed by atoms with Gasteiger partial charge >= 0.3 is 0 Å². The zero-order chi connectivity index (χ0) is 12.1. The number of hydroxylamine groups is 1. The van der Waals surface area contributed by atoms with E-state index in [-0.39, 0.29) is 5.92 Å². The van der Waals surface area contributed by atoms with Crippen LogP contribution in [0.1, 0.15) is 24.2 Å². The Balaban J connectivity index is 2.66. The molecule has 16 heavy (non-hydrogen) atoms. The molecule has 0 spiro atoms. The number of phenols is 1. The second kappa shape index (κ2) is 5.46. The Hall–Kier alpha value is -1.62. The zero-order valence-electron chi connectivity index (χ0n) is 9.16. The summed E-state index contributed by atoms with van der Waals surface area (Å²) in [5, 5.41) is 9.31. The number of benzene rings is 1. The standard InChI is InChI=1S/C11H14FNO3/c1-7(2)6-16-13-11(15)10-8(12)4-3-5-9(10)14/h3-5,7,14H,6H2,1-2H3,(H,13,15). The van der Waals surface area contributed by atoms with E-state index in [0.717, 1.165) is 6.07 Å². The van der Waals surface area contributed by atoms with Gasteiger partial charge in [0, 0.05) is 0 Å². The fourth-order valence-corrected chi connectivity index (χ4v) is 1.06. The zero-order valence-corrected chi connectivity index (χ0v) is 9.16. The van der Waals surface area contributed by atoms with Gasteiger partial charge in [0.25, 0.3) is 5.91 Å². The van der Waals surface area contributed by atoms with E-state index in [4.69, 9.17) is 4.84 Å². The normalized spacial score (nSPS) is 10.5. The fourth-order valence-electron chi connectivity index (χ4n) is 1.06. The van der Waals surface area contributed by atoms with Gasteiger partial charge in [-0.2, -0.15) is 0 Å². The van der Waals surface area contributed by atoms with Crippen molar-refractivity contribution in [3.63, 3.8) is 0 Å². The van der Waals surface area contributed by atoms with E-state index in [1.807, 2.05) is 13.8 Å². The quantitative estimate of drug-likeness (QED) is 0.772. The van der Waals surface area contributed by atoms with E-state index < -0.39 is 23.0 Å². The van der Waals surface area contributed by atoms with Crippen LogP contribution in [-0.4, -0.2) is 17.6 Å². The first-order valence-corrected chi connectivity index (χ1v) is 4.92. The molecule has 1 amide bonds. The molecule has 0 unspecified atom stereocenters. The summed E-state index contributed by atoms with van der Waals surface area (Å²) in [5.41, 5.74) is 1.66. The summed E-state index contributed by atoms with van der Waals surface area (Å²) in [5.74, 6) is -1.75. The lowest BCUT2D eigenvalue weighted by Crippen LogP contribution is -2.26. The van der Waals surface area contributed by atoms with Gasteiger partial charge in [0.2, 0.25) is 0 Å². The van der Waals surface area contributed by atoms with Crippen LogP contribution in [0, 0.1) is 11.7 Å². The number of phenolic OH excluding ortho intramolecular Hbond substituents is 1. The monoisotopic (exact) mass is 227 g/mol. The molecule has 0 bridgehead atoms. The topological polar surface area (TPSA) is 58.6 Å². The van der Waals surface area contributed by atoms with Crippen LogP contribution in [0.15, 0.2) is 18.2 Å². The fraction of sp³-hybridized carbons (Fsp3) is 0.364. The van der Waals surface area contributed by atoms with Crippen LogP contribution in [0.2, 0.25) is 0 Å². The molecule has 0 aromatic heterocycles. The van der Waals surface area contributed by atoms with Crippen LogP contribution in [-0.2, 0) is 4.84 Å². The maximum absolute atomic E-state index is 13.2. The molecule has 1 aromatic carbocycles. The van der Waals surface area contributed by atoms with Crippen LogP contribution in [0.4, 0.5) is 4.39 Å². The maximum Gasteiger partial charge on any atom is 0.281 e. The van der Waals surface area contributed by atoms with Gasteiger partial charge in [-0.05, 0) is 18.1 Å². The lowest BCUT2D eigenvalue weighted by molar-refractivity contribution is 0.0203. The van der Waals surface area contributed by atoms with Crippen molar-refractivity contribution >= 4 is 5.91 Å². The van der Waals surface area contributed by atoms with Crippen molar-refractivity contribution in [3.8, 4) is 5.75 Å². The molecular formula is C11H14FNO3. The maximum atomic E-state index is 13.2. The van der Waals surface area contributed by atoms with Crippen molar-refractivity contribution in [2.75, 3.05) is 6.61 Å². The van der Waals surface area contributed by atoms with Crippen molar-refractivity contribution in [1.29, 1.82) is 0 Å². The van der Waals surface area contributed by atoms with Gasteiger partial charge in [0.05, 0.1) is 6.61 Å². The Morgan fingerprint density at radius 1 is 1.56 bits per heavy atom.